The van der Waals surface area contributed by atoms with Crippen LogP contribution >= 0.6 is 0 Å². The van der Waals surface area contributed by atoms with E-state index in [0.717, 1.165) is 22.0 Å². The maximum atomic E-state index is 12.4. The molecule has 4 heteroatoms. The number of para-hydroxylation sites is 1. The number of hydrogen-bond donors (Lipinski definition) is 2. The SMILES string of the molecule is Cc1cnc(C(=O)Nc2ccccc2)c2cccc(N)c12. The summed E-state index contributed by atoms with van der Waals surface area (Å²) in [6, 6.07) is 14.8. The van der Waals surface area contributed by atoms with Crippen LogP contribution in [-0.2, 0) is 0 Å². The van der Waals surface area contributed by atoms with Gasteiger partial charge in [0.05, 0.1) is 0 Å². The Kier molecular flexibility index (Phi) is 3.28. The Morgan fingerprint density at radius 3 is 2.62 bits per heavy atom. The highest BCUT2D eigenvalue weighted by Crippen LogP contribution is 2.26. The van der Waals surface area contributed by atoms with Gasteiger partial charge in [-0.1, -0.05) is 30.3 Å². The van der Waals surface area contributed by atoms with E-state index in [1.54, 1.807) is 6.20 Å². The number of pyridine rings is 1. The van der Waals surface area contributed by atoms with Gasteiger partial charge in [-0.3, -0.25) is 9.78 Å². The van der Waals surface area contributed by atoms with Crippen LogP contribution in [0.4, 0.5) is 11.4 Å². The molecule has 0 fully saturated rings. The maximum Gasteiger partial charge on any atom is 0.274 e. The lowest BCUT2D eigenvalue weighted by atomic mass is 10.0. The number of carbonyl (C=O) groups is 1. The van der Waals surface area contributed by atoms with E-state index in [4.69, 9.17) is 5.73 Å². The minimum absolute atomic E-state index is 0.239. The summed E-state index contributed by atoms with van der Waals surface area (Å²) in [5, 5.41) is 4.49. The van der Waals surface area contributed by atoms with Crippen molar-refractivity contribution in [2.45, 2.75) is 6.92 Å². The molecule has 1 aromatic heterocycles. The van der Waals surface area contributed by atoms with E-state index in [0.29, 0.717) is 11.4 Å². The summed E-state index contributed by atoms with van der Waals surface area (Å²) in [7, 11) is 0. The van der Waals surface area contributed by atoms with Gasteiger partial charge in [0.1, 0.15) is 5.69 Å². The summed E-state index contributed by atoms with van der Waals surface area (Å²) >= 11 is 0. The molecule has 4 nitrogen and oxygen atoms in total. The van der Waals surface area contributed by atoms with Gasteiger partial charge in [0.25, 0.3) is 5.91 Å². The van der Waals surface area contributed by atoms with E-state index in [1.165, 1.54) is 0 Å². The second-order valence-electron chi connectivity index (χ2n) is 4.88. The summed E-state index contributed by atoms with van der Waals surface area (Å²) < 4.78 is 0. The van der Waals surface area contributed by atoms with Crippen molar-refractivity contribution < 1.29 is 4.79 Å². The van der Waals surface area contributed by atoms with Crippen LogP contribution in [0.5, 0.6) is 0 Å². The third-order valence-corrected chi connectivity index (χ3v) is 3.38. The van der Waals surface area contributed by atoms with Crippen molar-refractivity contribution in [3.63, 3.8) is 0 Å². The van der Waals surface area contributed by atoms with Crippen molar-refractivity contribution in [1.29, 1.82) is 0 Å². The fraction of sp³-hybridized carbons (Fsp3) is 0.0588. The number of carbonyl (C=O) groups excluding carboxylic acids is 1. The van der Waals surface area contributed by atoms with Gasteiger partial charge >= 0.3 is 0 Å². The lowest BCUT2D eigenvalue weighted by Gasteiger charge is -2.10. The molecule has 0 spiro atoms. The first-order valence-electron chi connectivity index (χ1n) is 6.67. The minimum Gasteiger partial charge on any atom is -0.398 e. The molecule has 0 atom stereocenters. The normalized spacial score (nSPS) is 10.5. The molecule has 0 unspecified atom stereocenters. The van der Waals surface area contributed by atoms with Crippen LogP contribution in [0.3, 0.4) is 0 Å². The Hall–Kier alpha value is -2.88. The molecule has 104 valence electrons. The fourth-order valence-corrected chi connectivity index (χ4v) is 2.40. The lowest BCUT2D eigenvalue weighted by Crippen LogP contribution is -2.14. The van der Waals surface area contributed by atoms with Gasteiger partial charge in [0.15, 0.2) is 0 Å². The number of rotatable bonds is 2. The van der Waals surface area contributed by atoms with Crippen LogP contribution in [0.15, 0.2) is 54.7 Å². The largest absolute Gasteiger partial charge is 0.398 e. The van der Waals surface area contributed by atoms with E-state index >= 15 is 0 Å². The second-order valence-corrected chi connectivity index (χ2v) is 4.88. The van der Waals surface area contributed by atoms with E-state index in [9.17, 15) is 4.79 Å². The molecule has 3 N–H and O–H groups in total. The van der Waals surface area contributed by atoms with Crippen LogP contribution in [0.25, 0.3) is 10.8 Å². The number of nitrogen functional groups attached to an aromatic ring is 1. The van der Waals surface area contributed by atoms with Gasteiger partial charge in [-0.15, -0.1) is 0 Å². The molecule has 0 aliphatic heterocycles. The van der Waals surface area contributed by atoms with Crippen LogP contribution in [0, 0.1) is 6.92 Å². The highest BCUT2D eigenvalue weighted by atomic mass is 16.1. The Morgan fingerprint density at radius 2 is 1.86 bits per heavy atom. The summed E-state index contributed by atoms with van der Waals surface area (Å²) in [5.74, 6) is -0.239. The molecule has 0 aliphatic carbocycles. The standard InChI is InChI=1S/C17H15N3O/c1-11-10-19-16(13-8-5-9-14(18)15(11)13)17(21)20-12-6-3-2-4-7-12/h2-10H,18H2,1H3,(H,20,21). The fourth-order valence-electron chi connectivity index (χ4n) is 2.40. The third kappa shape index (κ3) is 2.43. The number of amides is 1. The number of anilines is 2. The number of nitrogens with one attached hydrogen (secondary N) is 1. The second kappa shape index (κ2) is 5.25. The predicted molar refractivity (Wildman–Crippen MR) is 85.3 cm³/mol. The minimum atomic E-state index is -0.239. The van der Waals surface area contributed by atoms with Crippen molar-refractivity contribution in [2.24, 2.45) is 0 Å². The van der Waals surface area contributed by atoms with Gasteiger partial charge in [0, 0.05) is 28.3 Å². The average molecular weight is 277 g/mol. The summed E-state index contributed by atoms with van der Waals surface area (Å²) in [6.07, 6.45) is 1.68. The average Bonchev–Trinajstić information content (AvgIpc) is 2.48. The highest BCUT2D eigenvalue weighted by Gasteiger charge is 2.14. The van der Waals surface area contributed by atoms with Gasteiger partial charge < -0.3 is 11.1 Å². The zero-order valence-corrected chi connectivity index (χ0v) is 11.6. The van der Waals surface area contributed by atoms with Crippen molar-refractivity contribution >= 4 is 28.1 Å². The van der Waals surface area contributed by atoms with Crippen molar-refractivity contribution in [3.05, 3.63) is 66.0 Å². The Morgan fingerprint density at radius 1 is 1.10 bits per heavy atom. The van der Waals surface area contributed by atoms with E-state index in [-0.39, 0.29) is 5.91 Å². The Labute approximate surface area is 122 Å². The van der Waals surface area contributed by atoms with Crippen LogP contribution in [-0.4, -0.2) is 10.9 Å². The number of benzene rings is 2. The summed E-state index contributed by atoms with van der Waals surface area (Å²) in [4.78, 5) is 16.7. The molecule has 21 heavy (non-hydrogen) atoms. The predicted octanol–water partition coefficient (Wildman–Crippen LogP) is 3.38. The molecule has 0 radical (unpaired) electrons. The smallest absolute Gasteiger partial charge is 0.274 e. The Bertz CT molecular complexity index is 805. The summed E-state index contributed by atoms with van der Waals surface area (Å²) in [5.41, 5.74) is 8.75. The maximum absolute atomic E-state index is 12.4. The van der Waals surface area contributed by atoms with Gasteiger partial charge in [-0.2, -0.15) is 0 Å². The number of nitrogens with two attached hydrogens (primary N) is 1. The number of aromatic nitrogens is 1. The molecular weight excluding hydrogens is 262 g/mol. The molecule has 3 rings (SSSR count). The number of nitrogens with zero attached hydrogens (tertiary/aromatic N) is 1. The lowest BCUT2D eigenvalue weighted by molar-refractivity contribution is 0.102. The first-order valence-corrected chi connectivity index (χ1v) is 6.67. The molecule has 1 heterocycles. The first-order chi connectivity index (χ1) is 10.2. The molecule has 0 saturated carbocycles. The number of fused-ring (bicyclic) bond motifs is 1. The van der Waals surface area contributed by atoms with E-state index < -0.39 is 0 Å². The van der Waals surface area contributed by atoms with E-state index in [2.05, 4.69) is 10.3 Å². The molecule has 0 saturated heterocycles. The van der Waals surface area contributed by atoms with Gasteiger partial charge in [-0.25, -0.2) is 0 Å². The Balaban J connectivity index is 2.07. The van der Waals surface area contributed by atoms with Crippen LogP contribution in [0.2, 0.25) is 0 Å². The summed E-state index contributed by atoms with van der Waals surface area (Å²) in [6.45, 7) is 1.94. The quantitative estimate of drug-likeness (QED) is 0.706. The molecule has 2 aromatic carbocycles. The zero-order valence-electron chi connectivity index (χ0n) is 11.6. The molecular formula is C17H15N3O. The van der Waals surface area contributed by atoms with Crippen molar-refractivity contribution in [3.8, 4) is 0 Å². The van der Waals surface area contributed by atoms with Gasteiger partial charge in [-0.05, 0) is 30.7 Å². The number of hydrogen-bond acceptors (Lipinski definition) is 3. The van der Waals surface area contributed by atoms with Crippen molar-refractivity contribution in [2.75, 3.05) is 11.1 Å². The highest BCUT2D eigenvalue weighted by molar-refractivity contribution is 6.13. The topological polar surface area (TPSA) is 68.0 Å². The van der Waals surface area contributed by atoms with E-state index in [1.807, 2.05) is 55.5 Å². The number of aryl methyl sites for hydroxylation is 1. The third-order valence-electron chi connectivity index (χ3n) is 3.38. The molecule has 1 amide bonds. The molecule has 0 bridgehead atoms. The van der Waals surface area contributed by atoms with Crippen LogP contribution < -0.4 is 11.1 Å². The molecule has 0 aliphatic rings. The molecule has 3 aromatic rings. The van der Waals surface area contributed by atoms with Gasteiger partial charge in [0.2, 0.25) is 0 Å². The van der Waals surface area contributed by atoms with Crippen LogP contribution in [0.1, 0.15) is 16.1 Å². The first kappa shape index (κ1) is 13.1. The van der Waals surface area contributed by atoms with Crippen molar-refractivity contribution in [1.82, 2.24) is 4.98 Å². The zero-order chi connectivity index (χ0) is 14.8. The monoisotopic (exact) mass is 277 g/mol.